The molecule has 32 heavy (non-hydrogen) atoms. The van der Waals surface area contributed by atoms with Crippen molar-refractivity contribution >= 4 is 23.1 Å². The van der Waals surface area contributed by atoms with E-state index < -0.39 is 17.7 Å². The molecule has 162 valence electrons. The Labute approximate surface area is 185 Å². The van der Waals surface area contributed by atoms with Crippen LogP contribution in [0.4, 0.5) is 5.69 Å². The number of methoxy groups -OCH3 is 2. The van der Waals surface area contributed by atoms with Crippen LogP contribution in [0.5, 0.6) is 11.5 Å². The van der Waals surface area contributed by atoms with Crippen molar-refractivity contribution in [2.24, 2.45) is 0 Å². The number of nitrogens with zero attached hydrogens (tertiary/aromatic N) is 2. The number of hydrogen-bond acceptors (Lipinski definition) is 6. The lowest BCUT2D eigenvalue weighted by atomic mass is 9.97. The molecule has 1 aromatic heterocycles. The number of aromatic nitrogens is 1. The first-order valence-corrected chi connectivity index (χ1v) is 9.97. The molecule has 0 saturated carbocycles. The minimum absolute atomic E-state index is 0.0268. The summed E-state index contributed by atoms with van der Waals surface area (Å²) in [5.41, 5.74) is 2.09. The third-order valence-electron chi connectivity index (χ3n) is 5.41. The fourth-order valence-electron chi connectivity index (χ4n) is 3.86. The molecule has 2 heterocycles. The van der Waals surface area contributed by atoms with E-state index in [9.17, 15) is 14.7 Å². The molecule has 2 aromatic carbocycles. The number of hydrogen-bond donors (Lipinski definition) is 1. The number of amides is 1. The van der Waals surface area contributed by atoms with E-state index in [-0.39, 0.29) is 11.3 Å². The van der Waals surface area contributed by atoms with Gasteiger partial charge >= 0.3 is 0 Å². The van der Waals surface area contributed by atoms with Crippen molar-refractivity contribution in [2.45, 2.75) is 13.0 Å². The molecule has 1 aliphatic rings. The molecule has 1 aliphatic heterocycles. The van der Waals surface area contributed by atoms with Gasteiger partial charge in [-0.2, -0.15) is 0 Å². The van der Waals surface area contributed by atoms with Crippen LogP contribution in [0.25, 0.3) is 5.76 Å². The summed E-state index contributed by atoms with van der Waals surface area (Å²) in [6.45, 7) is 1.83. The molecule has 1 saturated heterocycles. The molecule has 1 unspecified atom stereocenters. The van der Waals surface area contributed by atoms with E-state index in [1.807, 2.05) is 6.92 Å². The minimum Gasteiger partial charge on any atom is -0.507 e. The van der Waals surface area contributed by atoms with Gasteiger partial charge in [-0.05, 0) is 55.0 Å². The first kappa shape index (κ1) is 21.1. The van der Waals surface area contributed by atoms with Crippen molar-refractivity contribution in [2.75, 3.05) is 19.1 Å². The van der Waals surface area contributed by atoms with E-state index in [1.54, 1.807) is 74.0 Å². The smallest absolute Gasteiger partial charge is 0.300 e. The highest BCUT2D eigenvalue weighted by atomic mass is 16.5. The highest BCUT2D eigenvalue weighted by Crippen LogP contribution is 2.42. The van der Waals surface area contributed by atoms with Crippen molar-refractivity contribution in [1.29, 1.82) is 0 Å². The molecule has 1 amide bonds. The number of carbonyl (C=O) groups excluding carboxylic acids is 2. The Hall–Kier alpha value is -4.13. The third kappa shape index (κ3) is 3.58. The first-order chi connectivity index (χ1) is 15.5. The largest absolute Gasteiger partial charge is 0.507 e. The molecular formula is C25H22N2O5. The summed E-state index contributed by atoms with van der Waals surface area (Å²) in [4.78, 5) is 32.0. The lowest BCUT2D eigenvalue weighted by Gasteiger charge is -2.25. The van der Waals surface area contributed by atoms with Gasteiger partial charge in [0.15, 0.2) is 0 Å². The van der Waals surface area contributed by atoms with Crippen molar-refractivity contribution in [1.82, 2.24) is 4.98 Å². The molecule has 0 spiro atoms. The number of benzene rings is 2. The summed E-state index contributed by atoms with van der Waals surface area (Å²) in [5.74, 6) is -0.611. The second-order valence-corrected chi connectivity index (χ2v) is 7.31. The summed E-state index contributed by atoms with van der Waals surface area (Å²) in [6, 6.07) is 16.3. The van der Waals surface area contributed by atoms with E-state index in [2.05, 4.69) is 4.98 Å². The number of ether oxygens (including phenoxy) is 2. The molecule has 0 aliphatic carbocycles. The summed E-state index contributed by atoms with van der Waals surface area (Å²) in [7, 11) is 3.08. The van der Waals surface area contributed by atoms with Crippen LogP contribution in [0.15, 0.2) is 72.4 Å². The Morgan fingerprint density at radius 3 is 2.47 bits per heavy atom. The summed E-state index contributed by atoms with van der Waals surface area (Å²) < 4.78 is 10.6. The second-order valence-electron chi connectivity index (χ2n) is 7.31. The molecule has 4 rings (SSSR count). The highest BCUT2D eigenvalue weighted by Gasteiger charge is 2.47. The maximum Gasteiger partial charge on any atom is 0.300 e. The Bertz CT molecular complexity index is 1220. The van der Waals surface area contributed by atoms with Crippen LogP contribution in [0.2, 0.25) is 0 Å². The maximum atomic E-state index is 13.2. The lowest BCUT2D eigenvalue weighted by molar-refractivity contribution is -0.132. The quantitative estimate of drug-likeness (QED) is 0.373. The molecular weight excluding hydrogens is 408 g/mol. The number of aliphatic hydroxyl groups excluding tert-OH is 1. The lowest BCUT2D eigenvalue weighted by Crippen LogP contribution is -2.29. The predicted octanol–water partition coefficient (Wildman–Crippen LogP) is 4.03. The standard InChI is InChI=1S/C25H22N2O5/c1-15-13-16(10-11-20(15)32-3)23(28)21-22(19-9-4-5-12-26-19)27(25(30)24(21)29)17-7-6-8-18(14-17)31-2/h4-14,22,28H,1-3H3/b23-21+. The number of anilines is 1. The maximum absolute atomic E-state index is 13.2. The van der Waals surface area contributed by atoms with Crippen molar-refractivity contribution in [3.05, 3.63) is 89.3 Å². The number of aliphatic hydroxyl groups is 1. The van der Waals surface area contributed by atoms with Gasteiger partial charge in [-0.1, -0.05) is 12.1 Å². The van der Waals surface area contributed by atoms with Crippen LogP contribution in [0.1, 0.15) is 22.9 Å². The third-order valence-corrected chi connectivity index (χ3v) is 5.41. The van der Waals surface area contributed by atoms with Gasteiger partial charge in [-0.15, -0.1) is 0 Å². The molecule has 7 heteroatoms. The van der Waals surface area contributed by atoms with Gasteiger partial charge in [0.05, 0.1) is 25.5 Å². The zero-order valence-electron chi connectivity index (χ0n) is 17.9. The minimum atomic E-state index is -0.897. The number of carbonyl (C=O) groups is 2. The SMILES string of the molecule is COc1cccc(N2C(=O)C(=O)/C(=C(/O)c3ccc(OC)c(C)c3)C2c2ccccn2)c1. The van der Waals surface area contributed by atoms with Crippen LogP contribution >= 0.6 is 0 Å². The van der Waals surface area contributed by atoms with Gasteiger partial charge in [-0.3, -0.25) is 19.5 Å². The average molecular weight is 430 g/mol. The van der Waals surface area contributed by atoms with Crippen LogP contribution in [0.3, 0.4) is 0 Å². The van der Waals surface area contributed by atoms with E-state index in [0.29, 0.717) is 28.4 Å². The first-order valence-electron chi connectivity index (χ1n) is 9.97. The molecule has 1 N–H and O–H groups in total. The Morgan fingerprint density at radius 1 is 1.00 bits per heavy atom. The van der Waals surface area contributed by atoms with Crippen molar-refractivity contribution < 1.29 is 24.2 Å². The molecule has 3 aromatic rings. The zero-order chi connectivity index (χ0) is 22.8. The van der Waals surface area contributed by atoms with Crippen molar-refractivity contribution in [3.8, 4) is 11.5 Å². The highest BCUT2D eigenvalue weighted by molar-refractivity contribution is 6.51. The summed E-state index contributed by atoms with van der Waals surface area (Å²) >= 11 is 0. The van der Waals surface area contributed by atoms with Crippen LogP contribution in [0, 0.1) is 6.92 Å². The molecule has 1 fully saturated rings. The van der Waals surface area contributed by atoms with E-state index in [1.165, 1.54) is 12.0 Å². The number of aryl methyl sites for hydroxylation is 1. The van der Waals surface area contributed by atoms with Crippen molar-refractivity contribution in [3.63, 3.8) is 0 Å². The predicted molar refractivity (Wildman–Crippen MR) is 120 cm³/mol. The topological polar surface area (TPSA) is 89.0 Å². The second kappa shape index (κ2) is 8.55. The van der Waals surface area contributed by atoms with E-state index in [0.717, 1.165) is 5.56 Å². The van der Waals surface area contributed by atoms with Gasteiger partial charge in [0.25, 0.3) is 11.7 Å². The Kier molecular flexibility index (Phi) is 5.64. The number of Topliss-reactive ketones (excluding diaryl/α,β-unsaturated/α-hetero) is 1. The zero-order valence-corrected chi connectivity index (χ0v) is 17.9. The summed E-state index contributed by atoms with van der Waals surface area (Å²) in [5, 5.41) is 11.2. The van der Waals surface area contributed by atoms with Crippen LogP contribution in [-0.4, -0.2) is 36.0 Å². The Balaban J connectivity index is 1.93. The van der Waals surface area contributed by atoms with Crippen LogP contribution < -0.4 is 14.4 Å². The number of ketones is 1. The van der Waals surface area contributed by atoms with Crippen LogP contribution in [-0.2, 0) is 9.59 Å². The normalized spacial score (nSPS) is 17.5. The van der Waals surface area contributed by atoms with Gasteiger partial charge < -0.3 is 14.6 Å². The van der Waals surface area contributed by atoms with Gasteiger partial charge in [0.2, 0.25) is 0 Å². The Morgan fingerprint density at radius 2 is 1.81 bits per heavy atom. The number of rotatable bonds is 5. The monoisotopic (exact) mass is 430 g/mol. The van der Waals surface area contributed by atoms with Gasteiger partial charge in [0.1, 0.15) is 23.3 Å². The summed E-state index contributed by atoms with van der Waals surface area (Å²) in [6.07, 6.45) is 1.58. The molecule has 1 atom stereocenters. The van der Waals surface area contributed by atoms with Gasteiger partial charge in [-0.25, -0.2) is 0 Å². The molecule has 0 bridgehead atoms. The molecule has 0 radical (unpaired) electrons. The molecule has 7 nitrogen and oxygen atoms in total. The number of pyridine rings is 1. The fourth-order valence-corrected chi connectivity index (χ4v) is 3.86. The van der Waals surface area contributed by atoms with Gasteiger partial charge in [0, 0.05) is 23.5 Å². The average Bonchev–Trinajstić information content (AvgIpc) is 3.09. The fraction of sp³-hybridized carbons (Fsp3) is 0.160. The van der Waals surface area contributed by atoms with E-state index >= 15 is 0 Å². The van der Waals surface area contributed by atoms with E-state index in [4.69, 9.17) is 9.47 Å².